The SMILES string of the molecule is Cc1cc(C)cc(-c2cccc3cccc(-c4cc(C)cc(C)c4)c23)c1. The molecule has 0 amide bonds. The molecular formula is C26H24. The zero-order valence-electron chi connectivity index (χ0n) is 15.9. The average Bonchev–Trinajstić information content (AvgIpc) is 2.59. The number of benzene rings is 4. The van der Waals surface area contributed by atoms with Gasteiger partial charge in [-0.1, -0.05) is 95.1 Å². The number of hydrogen-bond acceptors (Lipinski definition) is 0. The largest absolute Gasteiger partial charge is 0.0610 e. The van der Waals surface area contributed by atoms with Gasteiger partial charge < -0.3 is 0 Å². The highest BCUT2D eigenvalue weighted by molar-refractivity contribution is 6.06. The number of rotatable bonds is 2. The van der Waals surface area contributed by atoms with Crippen LogP contribution in [0.3, 0.4) is 0 Å². The molecule has 0 aliphatic rings. The topological polar surface area (TPSA) is 0 Å². The van der Waals surface area contributed by atoms with E-state index in [9.17, 15) is 0 Å². The van der Waals surface area contributed by atoms with E-state index < -0.39 is 0 Å². The van der Waals surface area contributed by atoms with Crippen LogP contribution >= 0.6 is 0 Å². The van der Waals surface area contributed by atoms with Gasteiger partial charge in [-0.25, -0.2) is 0 Å². The summed E-state index contributed by atoms with van der Waals surface area (Å²) in [5, 5.41) is 2.63. The van der Waals surface area contributed by atoms with E-state index in [1.807, 2.05) is 0 Å². The zero-order chi connectivity index (χ0) is 18.3. The molecule has 0 nitrogen and oxygen atoms in total. The van der Waals surface area contributed by atoms with Crippen molar-refractivity contribution in [1.29, 1.82) is 0 Å². The van der Waals surface area contributed by atoms with Crippen molar-refractivity contribution in [1.82, 2.24) is 0 Å². The fourth-order valence-corrected chi connectivity index (χ4v) is 4.08. The van der Waals surface area contributed by atoms with Crippen LogP contribution < -0.4 is 0 Å². The van der Waals surface area contributed by atoms with E-state index in [-0.39, 0.29) is 0 Å². The normalized spacial score (nSPS) is 11.1. The second-order valence-corrected chi connectivity index (χ2v) is 7.46. The van der Waals surface area contributed by atoms with E-state index >= 15 is 0 Å². The first-order chi connectivity index (χ1) is 12.5. The van der Waals surface area contributed by atoms with Crippen molar-refractivity contribution in [3.05, 3.63) is 95.1 Å². The van der Waals surface area contributed by atoms with Gasteiger partial charge in [0.25, 0.3) is 0 Å². The molecule has 4 rings (SSSR count). The maximum atomic E-state index is 2.29. The lowest BCUT2D eigenvalue weighted by Crippen LogP contribution is -1.89. The van der Waals surface area contributed by atoms with Gasteiger partial charge in [0.2, 0.25) is 0 Å². The van der Waals surface area contributed by atoms with Crippen LogP contribution in [0.4, 0.5) is 0 Å². The minimum Gasteiger partial charge on any atom is -0.0610 e. The first kappa shape index (κ1) is 16.6. The molecular weight excluding hydrogens is 312 g/mol. The highest BCUT2D eigenvalue weighted by atomic mass is 14.1. The summed E-state index contributed by atoms with van der Waals surface area (Å²) >= 11 is 0. The Kier molecular flexibility index (Phi) is 4.12. The first-order valence-electron chi connectivity index (χ1n) is 9.20. The van der Waals surface area contributed by atoms with Crippen molar-refractivity contribution < 1.29 is 0 Å². The van der Waals surface area contributed by atoms with E-state index in [1.165, 1.54) is 55.3 Å². The third kappa shape index (κ3) is 3.04. The molecule has 0 saturated heterocycles. The van der Waals surface area contributed by atoms with E-state index in [2.05, 4.69) is 100 Å². The summed E-state index contributed by atoms with van der Waals surface area (Å²) < 4.78 is 0. The second kappa shape index (κ2) is 6.46. The van der Waals surface area contributed by atoms with Gasteiger partial charge in [-0.05, 0) is 60.7 Å². The van der Waals surface area contributed by atoms with Crippen molar-refractivity contribution >= 4 is 10.8 Å². The van der Waals surface area contributed by atoms with Crippen LogP contribution in [-0.4, -0.2) is 0 Å². The van der Waals surface area contributed by atoms with Gasteiger partial charge in [-0.15, -0.1) is 0 Å². The molecule has 0 aromatic heterocycles. The van der Waals surface area contributed by atoms with E-state index in [4.69, 9.17) is 0 Å². The Balaban J connectivity index is 2.07. The van der Waals surface area contributed by atoms with Gasteiger partial charge in [0.15, 0.2) is 0 Å². The predicted octanol–water partition coefficient (Wildman–Crippen LogP) is 7.41. The molecule has 0 aliphatic heterocycles. The maximum absolute atomic E-state index is 2.29. The molecule has 0 bridgehead atoms. The molecule has 128 valence electrons. The Labute approximate surface area is 156 Å². The van der Waals surface area contributed by atoms with Gasteiger partial charge >= 0.3 is 0 Å². The second-order valence-electron chi connectivity index (χ2n) is 7.46. The highest BCUT2D eigenvalue weighted by Crippen LogP contribution is 2.37. The lowest BCUT2D eigenvalue weighted by Gasteiger charge is -2.14. The minimum atomic E-state index is 1.29. The molecule has 0 heterocycles. The monoisotopic (exact) mass is 336 g/mol. The fourth-order valence-electron chi connectivity index (χ4n) is 4.08. The van der Waals surface area contributed by atoms with Gasteiger partial charge in [0, 0.05) is 0 Å². The van der Waals surface area contributed by atoms with Crippen LogP contribution in [0.25, 0.3) is 33.0 Å². The van der Waals surface area contributed by atoms with Crippen molar-refractivity contribution in [3.63, 3.8) is 0 Å². The maximum Gasteiger partial charge on any atom is -0.00268 e. The average molecular weight is 336 g/mol. The van der Waals surface area contributed by atoms with Crippen molar-refractivity contribution in [2.75, 3.05) is 0 Å². The van der Waals surface area contributed by atoms with Crippen LogP contribution in [-0.2, 0) is 0 Å². The van der Waals surface area contributed by atoms with E-state index in [0.29, 0.717) is 0 Å². The van der Waals surface area contributed by atoms with Crippen LogP contribution in [0.5, 0.6) is 0 Å². The van der Waals surface area contributed by atoms with Gasteiger partial charge in [0.05, 0.1) is 0 Å². The number of fused-ring (bicyclic) bond motifs is 1. The summed E-state index contributed by atoms with van der Waals surface area (Å²) in [5.41, 5.74) is 10.4. The molecule has 0 fully saturated rings. The Hall–Kier alpha value is -2.86. The van der Waals surface area contributed by atoms with Crippen molar-refractivity contribution in [2.24, 2.45) is 0 Å². The van der Waals surface area contributed by atoms with Crippen LogP contribution in [0.15, 0.2) is 72.8 Å². The molecule has 0 saturated carbocycles. The smallest absolute Gasteiger partial charge is 0.00268 e. The van der Waals surface area contributed by atoms with Gasteiger partial charge in [-0.2, -0.15) is 0 Å². The summed E-state index contributed by atoms with van der Waals surface area (Å²) in [6.45, 7) is 8.69. The summed E-state index contributed by atoms with van der Waals surface area (Å²) in [5.74, 6) is 0. The molecule has 4 aromatic rings. The first-order valence-corrected chi connectivity index (χ1v) is 9.20. The molecule has 0 atom stereocenters. The molecule has 0 heteroatoms. The molecule has 0 spiro atoms. The molecule has 0 N–H and O–H groups in total. The Morgan fingerprint density at radius 1 is 0.462 bits per heavy atom. The molecule has 26 heavy (non-hydrogen) atoms. The van der Waals surface area contributed by atoms with Crippen LogP contribution in [0.2, 0.25) is 0 Å². The Morgan fingerprint density at radius 3 is 1.23 bits per heavy atom. The van der Waals surface area contributed by atoms with Crippen LogP contribution in [0.1, 0.15) is 22.3 Å². The van der Waals surface area contributed by atoms with E-state index in [0.717, 1.165) is 0 Å². The third-order valence-corrected chi connectivity index (χ3v) is 4.97. The molecule has 0 radical (unpaired) electrons. The summed E-state index contributed by atoms with van der Waals surface area (Å²) in [7, 11) is 0. The van der Waals surface area contributed by atoms with Crippen molar-refractivity contribution in [2.45, 2.75) is 27.7 Å². The zero-order valence-corrected chi connectivity index (χ0v) is 15.9. The Bertz CT molecular complexity index is 989. The minimum absolute atomic E-state index is 1.29. The van der Waals surface area contributed by atoms with E-state index in [1.54, 1.807) is 0 Å². The van der Waals surface area contributed by atoms with Crippen LogP contribution in [0, 0.1) is 27.7 Å². The summed E-state index contributed by atoms with van der Waals surface area (Å²) in [6, 6.07) is 26.9. The quantitative estimate of drug-likeness (QED) is 0.357. The summed E-state index contributed by atoms with van der Waals surface area (Å²) in [6.07, 6.45) is 0. The molecule has 0 aliphatic carbocycles. The number of aryl methyl sites for hydroxylation is 4. The van der Waals surface area contributed by atoms with Crippen molar-refractivity contribution in [3.8, 4) is 22.3 Å². The fraction of sp³-hybridized carbons (Fsp3) is 0.154. The summed E-state index contributed by atoms with van der Waals surface area (Å²) in [4.78, 5) is 0. The lowest BCUT2D eigenvalue weighted by atomic mass is 9.89. The lowest BCUT2D eigenvalue weighted by molar-refractivity contribution is 1.38. The predicted molar refractivity (Wildman–Crippen MR) is 114 cm³/mol. The van der Waals surface area contributed by atoms with Gasteiger partial charge in [-0.3, -0.25) is 0 Å². The van der Waals surface area contributed by atoms with Gasteiger partial charge in [0.1, 0.15) is 0 Å². The molecule has 4 aromatic carbocycles. The highest BCUT2D eigenvalue weighted by Gasteiger charge is 2.11. The molecule has 0 unspecified atom stereocenters. The number of hydrogen-bond donors (Lipinski definition) is 0. The Morgan fingerprint density at radius 2 is 0.846 bits per heavy atom. The third-order valence-electron chi connectivity index (χ3n) is 4.97. The standard InChI is InChI=1S/C26H24/c1-17-11-18(2)14-22(13-17)24-9-5-7-21-8-6-10-25(26(21)24)23-15-19(3)12-20(4)16-23/h5-16H,1-4H3.